The fraction of sp³-hybridized carbons (Fsp3) is 0.296. The van der Waals surface area contributed by atoms with Gasteiger partial charge in [0.2, 0.25) is 10.0 Å². The third kappa shape index (κ3) is 5.08. The van der Waals surface area contributed by atoms with E-state index in [1.807, 2.05) is 36.4 Å². The zero-order valence-electron chi connectivity index (χ0n) is 20.6. The highest BCUT2D eigenvalue weighted by molar-refractivity contribution is 7.89. The first-order valence-corrected chi connectivity index (χ1v) is 13.3. The number of hydrogen-bond acceptors (Lipinski definition) is 4. The summed E-state index contributed by atoms with van der Waals surface area (Å²) >= 11 is 0. The predicted octanol–water partition coefficient (Wildman–Crippen LogP) is 2.88. The van der Waals surface area contributed by atoms with Crippen LogP contribution >= 0.6 is 0 Å². The Morgan fingerprint density at radius 3 is 1.63 bits per heavy atom. The zero-order chi connectivity index (χ0) is 24.5. The molecule has 1 aromatic heterocycles. The molecule has 1 heterocycles. The van der Waals surface area contributed by atoms with Crippen LogP contribution in [0, 0.1) is 0 Å². The lowest BCUT2D eigenvalue weighted by Gasteiger charge is -2.21. The van der Waals surface area contributed by atoms with Gasteiger partial charge in [-0.05, 0) is 58.0 Å². The van der Waals surface area contributed by atoms with Gasteiger partial charge in [-0.15, -0.1) is 0 Å². The summed E-state index contributed by atoms with van der Waals surface area (Å²) in [5, 5.41) is 7.30. The summed E-state index contributed by atoms with van der Waals surface area (Å²) < 4.78 is 31.4. The van der Waals surface area contributed by atoms with Crippen LogP contribution in [0.1, 0.15) is 27.7 Å². The second-order valence-corrected chi connectivity index (χ2v) is 9.75. The number of fused-ring (bicyclic) bond motifs is 2. The zero-order valence-corrected chi connectivity index (χ0v) is 22.2. The Bertz CT molecular complexity index is 1380. The number of anilines is 2. The third-order valence-corrected chi connectivity index (χ3v) is 7.38. The fourth-order valence-corrected chi connectivity index (χ4v) is 5.39. The molecule has 3 aromatic carbocycles. The minimum atomic E-state index is -3.93. The van der Waals surface area contributed by atoms with E-state index in [0.29, 0.717) is 16.7 Å². The number of benzene rings is 3. The summed E-state index contributed by atoms with van der Waals surface area (Å²) in [6, 6.07) is 19.1. The highest BCUT2D eigenvalue weighted by Crippen LogP contribution is 2.41. The highest BCUT2D eigenvalue weighted by atomic mass is 35.5. The van der Waals surface area contributed by atoms with E-state index in [1.165, 1.54) is 0 Å². The molecule has 0 atom stereocenters. The molecule has 0 saturated carbocycles. The molecule has 0 radical (unpaired) electrons. The number of primary sulfonamides is 1. The van der Waals surface area contributed by atoms with E-state index in [1.54, 1.807) is 12.1 Å². The van der Waals surface area contributed by atoms with Gasteiger partial charge in [-0.1, -0.05) is 18.2 Å². The van der Waals surface area contributed by atoms with Crippen LogP contribution in [0.5, 0.6) is 0 Å². The van der Waals surface area contributed by atoms with Gasteiger partial charge in [-0.3, -0.25) is 0 Å². The molecule has 0 aliphatic carbocycles. The Balaban J connectivity index is 0.00000342. The van der Waals surface area contributed by atoms with Crippen LogP contribution in [0.3, 0.4) is 0 Å². The average Bonchev–Trinajstić information content (AvgIpc) is 2.83. The van der Waals surface area contributed by atoms with Crippen LogP contribution in [0.25, 0.3) is 33.1 Å². The lowest BCUT2D eigenvalue weighted by Crippen LogP contribution is -3.00. The van der Waals surface area contributed by atoms with Crippen molar-refractivity contribution in [2.75, 3.05) is 36.0 Å². The van der Waals surface area contributed by atoms with E-state index in [9.17, 15) is 8.42 Å². The molecule has 0 saturated heterocycles. The lowest BCUT2D eigenvalue weighted by molar-refractivity contribution is -0.0000100. The van der Waals surface area contributed by atoms with Gasteiger partial charge in [0.05, 0.1) is 27.8 Å². The van der Waals surface area contributed by atoms with Gasteiger partial charge in [-0.2, -0.15) is 0 Å². The summed E-state index contributed by atoms with van der Waals surface area (Å²) in [5.74, 6) is 0. The second kappa shape index (κ2) is 10.8. The third-order valence-electron chi connectivity index (χ3n) is 6.41. The molecule has 0 amide bonds. The summed E-state index contributed by atoms with van der Waals surface area (Å²) in [7, 11) is -3.93. The number of nitrogens with zero attached hydrogens (tertiary/aromatic N) is 2. The quantitative estimate of drug-likeness (QED) is 0.289. The molecule has 8 heteroatoms. The molecule has 0 aliphatic heterocycles. The molecule has 4 aromatic rings. The van der Waals surface area contributed by atoms with Crippen LogP contribution in [-0.4, -0.2) is 34.6 Å². The summed E-state index contributed by atoms with van der Waals surface area (Å²) in [5.41, 5.74) is 4.90. The van der Waals surface area contributed by atoms with Crippen molar-refractivity contribution in [3.05, 3.63) is 60.7 Å². The smallest absolute Gasteiger partial charge is 0.363 e. The molecular formula is C27H32ClN3O3S. The minimum Gasteiger partial charge on any atom is -1.00 e. The topological polar surface area (TPSA) is 77.9 Å². The van der Waals surface area contributed by atoms with Crippen LogP contribution in [-0.2, 0) is 10.0 Å². The maximum absolute atomic E-state index is 12.5. The Kier molecular flexibility index (Phi) is 8.26. The van der Waals surface area contributed by atoms with Crippen molar-refractivity contribution in [2.45, 2.75) is 32.6 Å². The van der Waals surface area contributed by atoms with E-state index >= 15 is 0 Å². The summed E-state index contributed by atoms with van der Waals surface area (Å²) in [6.45, 7) is 12.0. The van der Waals surface area contributed by atoms with Crippen molar-refractivity contribution in [2.24, 2.45) is 5.14 Å². The minimum absolute atomic E-state index is 0. The number of sulfonamides is 1. The maximum Gasteiger partial charge on any atom is 0.363 e. The normalized spacial score (nSPS) is 11.5. The largest absolute Gasteiger partial charge is 1.00 e. The number of rotatable bonds is 8. The van der Waals surface area contributed by atoms with Crippen LogP contribution < -0.4 is 27.3 Å². The van der Waals surface area contributed by atoms with Crippen molar-refractivity contribution in [1.82, 2.24) is 0 Å². The SMILES string of the molecule is CCN(CC)c1ccc2c(-c3ccccc3S(N)(=O)=O)c3ccc(N(CC)CC)cc3[o+]c2c1.[Cl-]. The summed E-state index contributed by atoms with van der Waals surface area (Å²) in [6.07, 6.45) is 0. The maximum atomic E-state index is 12.5. The van der Waals surface area contributed by atoms with Crippen LogP contribution in [0.4, 0.5) is 11.4 Å². The van der Waals surface area contributed by atoms with E-state index in [2.05, 4.69) is 49.6 Å². The van der Waals surface area contributed by atoms with Crippen molar-refractivity contribution < 1.29 is 25.2 Å². The first-order valence-electron chi connectivity index (χ1n) is 11.8. The average molecular weight is 514 g/mol. The van der Waals surface area contributed by atoms with E-state index < -0.39 is 10.0 Å². The van der Waals surface area contributed by atoms with Gasteiger partial charge in [0, 0.05) is 48.7 Å². The van der Waals surface area contributed by atoms with E-state index in [-0.39, 0.29) is 17.3 Å². The van der Waals surface area contributed by atoms with Gasteiger partial charge >= 0.3 is 11.2 Å². The molecule has 6 nitrogen and oxygen atoms in total. The fourth-order valence-electron chi connectivity index (χ4n) is 4.65. The molecular weight excluding hydrogens is 482 g/mol. The van der Waals surface area contributed by atoms with Crippen LogP contribution in [0.15, 0.2) is 70.0 Å². The molecule has 0 unspecified atom stereocenters. The number of halogens is 1. The van der Waals surface area contributed by atoms with Gasteiger partial charge < -0.3 is 22.2 Å². The Hall–Kier alpha value is -2.87. The molecule has 2 N–H and O–H groups in total. The number of hydrogen-bond donors (Lipinski definition) is 1. The number of nitrogens with two attached hydrogens (primary N) is 1. The van der Waals surface area contributed by atoms with Gasteiger partial charge in [0.15, 0.2) is 0 Å². The first kappa shape index (κ1) is 26.7. The van der Waals surface area contributed by atoms with Crippen molar-refractivity contribution in [1.29, 1.82) is 0 Å². The molecule has 0 fully saturated rings. The van der Waals surface area contributed by atoms with E-state index in [0.717, 1.165) is 53.9 Å². The summed E-state index contributed by atoms with van der Waals surface area (Å²) in [4.78, 5) is 4.61. The molecule has 0 spiro atoms. The Morgan fingerprint density at radius 2 is 1.20 bits per heavy atom. The van der Waals surface area contributed by atoms with Gasteiger partial charge in [0.1, 0.15) is 0 Å². The molecule has 0 aliphatic rings. The van der Waals surface area contributed by atoms with Gasteiger partial charge in [0.25, 0.3) is 0 Å². The molecule has 4 rings (SSSR count). The van der Waals surface area contributed by atoms with Gasteiger partial charge in [-0.25, -0.2) is 18.0 Å². The second-order valence-electron chi connectivity index (χ2n) is 8.22. The van der Waals surface area contributed by atoms with E-state index in [4.69, 9.17) is 9.56 Å². The molecule has 186 valence electrons. The van der Waals surface area contributed by atoms with Crippen LogP contribution in [0.2, 0.25) is 0 Å². The van der Waals surface area contributed by atoms with Crippen molar-refractivity contribution in [3.63, 3.8) is 0 Å². The molecule has 35 heavy (non-hydrogen) atoms. The first-order chi connectivity index (χ1) is 16.3. The Morgan fingerprint density at radius 1 is 0.743 bits per heavy atom. The standard InChI is InChI=1S/C27H32N3O3S.ClH/c1-5-29(6-2)19-13-15-21-24(17-19)33-25-18-20(30(7-3)8-4)14-16-22(25)27(21)23-11-9-10-12-26(23)34(28,31)32;/h9-18H,5-8H2,1-4H3,(H2,28,31,32);1H/q+1;/p-1. The lowest BCUT2D eigenvalue weighted by atomic mass is 9.96. The molecule has 0 bridgehead atoms. The highest BCUT2D eigenvalue weighted by Gasteiger charge is 2.26. The van der Waals surface area contributed by atoms with Crippen molar-refractivity contribution >= 4 is 43.3 Å². The predicted molar refractivity (Wildman–Crippen MR) is 142 cm³/mol. The monoisotopic (exact) mass is 513 g/mol. The van der Waals surface area contributed by atoms with Crippen molar-refractivity contribution in [3.8, 4) is 11.1 Å². The Labute approximate surface area is 213 Å².